The van der Waals surface area contributed by atoms with Crippen molar-refractivity contribution >= 4 is 15.9 Å². The number of ether oxygens (including phenoxy) is 1. The standard InChI is InChI=1S/C12H9BrFNO/c13-9-4-5-11(14)12(7-9)16-8-10-3-1-2-6-15-10/h1-7H,8H2. The van der Waals surface area contributed by atoms with E-state index in [9.17, 15) is 4.39 Å². The molecule has 0 amide bonds. The first-order valence-corrected chi connectivity index (χ1v) is 5.53. The fourth-order valence-corrected chi connectivity index (χ4v) is 1.56. The predicted octanol–water partition coefficient (Wildman–Crippen LogP) is 3.56. The first-order valence-electron chi connectivity index (χ1n) is 4.73. The summed E-state index contributed by atoms with van der Waals surface area (Å²) in [6.45, 7) is 0.258. The highest BCUT2D eigenvalue weighted by Gasteiger charge is 2.04. The Labute approximate surface area is 101 Å². The molecule has 0 unspecified atom stereocenters. The van der Waals surface area contributed by atoms with Crippen LogP contribution in [-0.4, -0.2) is 4.98 Å². The van der Waals surface area contributed by atoms with Crippen LogP contribution in [0.2, 0.25) is 0 Å². The molecule has 0 N–H and O–H groups in total. The van der Waals surface area contributed by atoms with Crippen LogP contribution in [0.1, 0.15) is 5.69 Å². The molecule has 0 saturated heterocycles. The summed E-state index contributed by atoms with van der Waals surface area (Å²) in [6, 6.07) is 10.1. The first-order chi connectivity index (χ1) is 7.75. The van der Waals surface area contributed by atoms with Crippen molar-refractivity contribution in [3.05, 3.63) is 58.6 Å². The van der Waals surface area contributed by atoms with E-state index in [4.69, 9.17) is 4.74 Å². The summed E-state index contributed by atoms with van der Waals surface area (Å²) in [6.07, 6.45) is 1.68. The lowest BCUT2D eigenvalue weighted by molar-refractivity contribution is 0.286. The minimum absolute atomic E-state index is 0.222. The van der Waals surface area contributed by atoms with Crippen LogP contribution in [0.5, 0.6) is 5.75 Å². The summed E-state index contributed by atoms with van der Waals surface area (Å²) in [5, 5.41) is 0. The van der Waals surface area contributed by atoms with Gasteiger partial charge in [0.2, 0.25) is 0 Å². The van der Waals surface area contributed by atoms with Crippen LogP contribution in [0.25, 0.3) is 0 Å². The Hall–Kier alpha value is -1.42. The molecule has 16 heavy (non-hydrogen) atoms. The number of pyridine rings is 1. The lowest BCUT2D eigenvalue weighted by Gasteiger charge is -2.06. The van der Waals surface area contributed by atoms with Crippen LogP contribution < -0.4 is 4.74 Å². The van der Waals surface area contributed by atoms with Crippen LogP contribution in [0.3, 0.4) is 0 Å². The van der Waals surface area contributed by atoms with Gasteiger partial charge in [-0.15, -0.1) is 0 Å². The third kappa shape index (κ3) is 2.79. The van der Waals surface area contributed by atoms with Gasteiger partial charge in [0, 0.05) is 10.7 Å². The number of rotatable bonds is 3. The van der Waals surface area contributed by atoms with Crippen molar-refractivity contribution in [1.82, 2.24) is 4.98 Å². The highest BCUT2D eigenvalue weighted by atomic mass is 79.9. The SMILES string of the molecule is Fc1ccc(Br)cc1OCc1ccccn1. The van der Waals surface area contributed by atoms with Gasteiger partial charge < -0.3 is 4.74 Å². The molecule has 0 saturated carbocycles. The molecule has 1 aromatic heterocycles. The van der Waals surface area contributed by atoms with Crippen LogP contribution in [0.15, 0.2) is 47.1 Å². The molecule has 82 valence electrons. The molecular weight excluding hydrogens is 273 g/mol. The largest absolute Gasteiger partial charge is 0.484 e. The molecule has 0 aliphatic rings. The summed E-state index contributed by atoms with van der Waals surface area (Å²) in [5.74, 6) is -0.154. The zero-order chi connectivity index (χ0) is 11.4. The second-order valence-electron chi connectivity index (χ2n) is 3.18. The van der Waals surface area contributed by atoms with Crippen molar-refractivity contribution in [2.45, 2.75) is 6.61 Å². The molecule has 2 nitrogen and oxygen atoms in total. The summed E-state index contributed by atoms with van der Waals surface area (Å²) in [4.78, 5) is 4.09. The third-order valence-electron chi connectivity index (χ3n) is 1.99. The Morgan fingerprint density at radius 3 is 2.88 bits per heavy atom. The van der Waals surface area contributed by atoms with E-state index in [1.54, 1.807) is 18.3 Å². The van der Waals surface area contributed by atoms with E-state index in [0.29, 0.717) is 0 Å². The second-order valence-corrected chi connectivity index (χ2v) is 4.10. The Balaban J connectivity index is 2.08. The van der Waals surface area contributed by atoms with Gasteiger partial charge in [0.1, 0.15) is 6.61 Å². The molecule has 4 heteroatoms. The quantitative estimate of drug-likeness (QED) is 0.858. The smallest absolute Gasteiger partial charge is 0.165 e. The van der Waals surface area contributed by atoms with Gasteiger partial charge in [-0.2, -0.15) is 0 Å². The summed E-state index contributed by atoms with van der Waals surface area (Å²) >= 11 is 3.26. The fraction of sp³-hybridized carbons (Fsp3) is 0.0833. The van der Waals surface area contributed by atoms with Crippen molar-refractivity contribution in [1.29, 1.82) is 0 Å². The van der Waals surface area contributed by atoms with Gasteiger partial charge in [0.15, 0.2) is 11.6 Å². The van der Waals surface area contributed by atoms with E-state index in [-0.39, 0.29) is 18.2 Å². The van der Waals surface area contributed by atoms with Crippen molar-refractivity contribution < 1.29 is 9.13 Å². The maximum atomic E-state index is 13.3. The molecular formula is C12H9BrFNO. The Kier molecular flexibility index (Phi) is 3.51. The second kappa shape index (κ2) is 5.07. The third-order valence-corrected chi connectivity index (χ3v) is 2.49. The molecule has 0 atom stereocenters. The van der Waals surface area contributed by atoms with E-state index >= 15 is 0 Å². The van der Waals surface area contributed by atoms with E-state index < -0.39 is 0 Å². The summed E-state index contributed by atoms with van der Waals surface area (Å²) < 4.78 is 19.4. The average molecular weight is 282 g/mol. The maximum Gasteiger partial charge on any atom is 0.165 e. The van der Waals surface area contributed by atoms with E-state index in [2.05, 4.69) is 20.9 Å². The lowest BCUT2D eigenvalue weighted by Crippen LogP contribution is -1.99. The summed E-state index contributed by atoms with van der Waals surface area (Å²) in [7, 11) is 0. The van der Waals surface area contributed by atoms with Gasteiger partial charge in [0.05, 0.1) is 5.69 Å². The van der Waals surface area contributed by atoms with Crippen molar-refractivity contribution in [2.24, 2.45) is 0 Å². The van der Waals surface area contributed by atoms with Gasteiger partial charge in [-0.25, -0.2) is 4.39 Å². The molecule has 2 aromatic rings. The fourth-order valence-electron chi connectivity index (χ4n) is 1.22. The number of benzene rings is 1. The Morgan fingerprint density at radius 1 is 1.25 bits per heavy atom. The predicted molar refractivity (Wildman–Crippen MR) is 62.7 cm³/mol. The molecule has 0 bridgehead atoms. The number of nitrogens with zero attached hydrogens (tertiary/aromatic N) is 1. The number of aromatic nitrogens is 1. The lowest BCUT2D eigenvalue weighted by atomic mass is 10.3. The van der Waals surface area contributed by atoms with Crippen molar-refractivity contribution in [3.8, 4) is 5.75 Å². The highest BCUT2D eigenvalue weighted by Crippen LogP contribution is 2.22. The van der Waals surface area contributed by atoms with Crippen molar-refractivity contribution in [2.75, 3.05) is 0 Å². The molecule has 2 rings (SSSR count). The van der Waals surface area contributed by atoms with Crippen LogP contribution in [-0.2, 0) is 6.61 Å². The maximum absolute atomic E-state index is 13.3. The van der Waals surface area contributed by atoms with E-state index in [1.807, 2.05) is 18.2 Å². The number of halogens is 2. The van der Waals surface area contributed by atoms with Gasteiger partial charge >= 0.3 is 0 Å². The first kappa shape index (κ1) is 11.1. The molecule has 0 radical (unpaired) electrons. The zero-order valence-corrected chi connectivity index (χ0v) is 9.95. The normalized spacial score (nSPS) is 10.1. The van der Waals surface area contributed by atoms with Gasteiger partial charge in [0.25, 0.3) is 0 Å². The van der Waals surface area contributed by atoms with Gasteiger partial charge in [-0.1, -0.05) is 22.0 Å². The molecule has 1 aromatic carbocycles. The monoisotopic (exact) mass is 281 g/mol. The molecule has 1 heterocycles. The van der Waals surface area contributed by atoms with E-state index in [0.717, 1.165) is 10.2 Å². The Morgan fingerprint density at radius 2 is 2.12 bits per heavy atom. The van der Waals surface area contributed by atoms with Crippen LogP contribution >= 0.6 is 15.9 Å². The topological polar surface area (TPSA) is 22.1 Å². The van der Waals surface area contributed by atoms with Crippen LogP contribution in [0, 0.1) is 5.82 Å². The minimum atomic E-state index is -0.376. The zero-order valence-electron chi connectivity index (χ0n) is 8.36. The van der Waals surface area contributed by atoms with Crippen LogP contribution in [0.4, 0.5) is 4.39 Å². The Bertz CT molecular complexity index is 476. The molecule has 0 spiro atoms. The van der Waals surface area contributed by atoms with Crippen molar-refractivity contribution in [3.63, 3.8) is 0 Å². The average Bonchev–Trinajstić information content (AvgIpc) is 2.32. The minimum Gasteiger partial charge on any atom is -0.484 e. The van der Waals surface area contributed by atoms with Gasteiger partial charge in [-0.05, 0) is 30.3 Å². The highest BCUT2D eigenvalue weighted by molar-refractivity contribution is 9.10. The molecule has 0 aliphatic heterocycles. The molecule has 0 fully saturated rings. The number of hydrogen-bond acceptors (Lipinski definition) is 2. The van der Waals surface area contributed by atoms with E-state index in [1.165, 1.54) is 6.07 Å². The van der Waals surface area contributed by atoms with Gasteiger partial charge in [-0.3, -0.25) is 4.98 Å². The molecule has 0 aliphatic carbocycles. The number of hydrogen-bond donors (Lipinski definition) is 0. The summed E-state index contributed by atoms with van der Waals surface area (Å²) in [5.41, 5.74) is 0.766.